The van der Waals surface area contributed by atoms with Gasteiger partial charge < -0.3 is 5.11 Å². The average Bonchev–Trinajstić information content (AvgIpc) is 2.03. The second kappa shape index (κ2) is 3.58. The molecule has 0 aliphatic carbocycles. The number of hydrogen-bond donors (Lipinski definition) is 1. The maximum absolute atomic E-state index is 13.1. The summed E-state index contributed by atoms with van der Waals surface area (Å²) in [6, 6.07) is 3.94. The first kappa shape index (κ1) is 9.74. The van der Waals surface area contributed by atoms with Gasteiger partial charge >= 0.3 is 5.97 Å². The molecule has 0 bridgehead atoms. The maximum atomic E-state index is 13.1. The summed E-state index contributed by atoms with van der Waals surface area (Å²) in [5.74, 6) is -1.97. The van der Waals surface area contributed by atoms with Crippen LogP contribution in [0.15, 0.2) is 24.8 Å². The van der Waals surface area contributed by atoms with Crippen LogP contribution in [0.2, 0.25) is 5.02 Å². The molecule has 0 aliphatic heterocycles. The number of aliphatic carboxylic acids is 1. The highest BCUT2D eigenvalue weighted by Crippen LogP contribution is 2.25. The zero-order chi connectivity index (χ0) is 10.0. The first-order valence-electron chi connectivity index (χ1n) is 3.40. The quantitative estimate of drug-likeness (QED) is 0.745. The van der Waals surface area contributed by atoms with Gasteiger partial charge in [0, 0.05) is 5.56 Å². The van der Waals surface area contributed by atoms with Gasteiger partial charge in [0.25, 0.3) is 0 Å². The van der Waals surface area contributed by atoms with Crippen LogP contribution in [0.4, 0.5) is 4.39 Å². The fraction of sp³-hybridized carbons (Fsp3) is 0. The van der Waals surface area contributed by atoms with Gasteiger partial charge in [-0.2, -0.15) is 0 Å². The molecule has 0 unspecified atom stereocenters. The molecule has 2 nitrogen and oxygen atoms in total. The highest BCUT2D eigenvalue weighted by Gasteiger charge is 2.15. The molecule has 1 aromatic carbocycles. The Labute approximate surface area is 79.3 Å². The van der Waals surface area contributed by atoms with Crippen molar-refractivity contribution in [2.24, 2.45) is 0 Å². The summed E-state index contributed by atoms with van der Waals surface area (Å²) in [6.07, 6.45) is 0. The average molecular weight is 201 g/mol. The molecule has 0 aromatic heterocycles. The van der Waals surface area contributed by atoms with Crippen molar-refractivity contribution >= 4 is 23.1 Å². The Morgan fingerprint density at radius 2 is 2.15 bits per heavy atom. The lowest BCUT2D eigenvalue weighted by atomic mass is 10.1. The van der Waals surface area contributed by atoms with Crippen LogP contribution in [0.5, 0.6) is 0 Å². The molecular formula is C9H6ClFO2. The van der Waals surface area contributed by atoms with E-state index in [4.69, 9.17) is 16.7 Å². The number of rotatable bonds is 2. The Balaban J connectivity index is 3.28. The van der Waals surface area contributed by atoms with E-state index in [-0.39, 0.29) is 16.2 Å². The summed E-state index contributed by atoms with van der Waals surface area (Å²) in [6.45, 7) is 3.22. The lowest BCUT2D eigenvalue weighted by molar-refractivity contribution is -0.130. The summed E-state index contributed by atoms with van der Waals surface area (Å²) in [7, 11) is 0. The Morgan fingerprint density at radius 1 is 1.54 bits per heavy atom. The van der Waals surface area contributed by atoms with Gasteiger partial charge in [-0.05, 0) is 12.1 Å². The molecule has 68 valence electrons. The maximum Gasteiger partial charge on any atom is 0.335 e. The van der Waals surface area contributed by atoms with E-state index in [1.807, 2.05) is 0 Å². The van der Waals surface area contributed by atoms with Gasteiger partial charge in [0.1, 0.15) is 5.82 Å². The van der Waals surface area contributed by atoms with E-state index in [0.29, 0.717) is 0 Å². The first-order chi connectivity index (χ1) is 6.04. The van der Waals surface area contributed by atoms with E-state index in [2.05, 4.69) is 6.58 Å². The topological polar surface area (TPSA) is 37.3 Å². The molecule has 0 spiro atoms. The van der Waals surface area contributed by atoms with Gasteiger partial charge in [-0.15, -0.1) is 0 Å². The van der Waals surface area contributed by atoms with Crippen molar-refractivity contribution < 1.29 is 14.3 Å². The van der Waals surface area contributed by atoms with Gasteiger partial charge in [0.2, 0.25) is 0 Å². The highest BCUT2D eigenvalue weighted by molar-refractivity contribution is 6.34. The standard InChI is InChI=1S/C9H6ClFO2/c1-5(9(12)13)8-6(10)3-2-4-7(8)11/h2-4H,1H2,(H,12,13). The molecule has 0 saturated heterocycles. The van der Waals surface area contributed by atoms with Gasteiger partial charge in [0.05, 0.1) is 10.6 Å². The van der Waals surface area contributed by atoms with Crippen molar-refractivity contribution in [1.82, 2.24) is 0 Å². The molecule has 0 fully saturated rings. The molecule has 0 amide bonds. The molecule has 1 aromatic rings. The zero-order valence-corrected chi connectivity index (χ0v) is 7.31. The monoisotopic (exact) mass is 200 g/mol. The minimum absolute atomic E-state index is 0.0485. The molecule has 0 atom stereocenters. The number of hydrogen-bond acceptors (Lipinski definition) is 1. The second-order valence-electron chi connectivity index (χ2n) is 2.38. The van der Waals surface area contributed by atoms with Gasteiger partial charge in [-0.25, -0.2) is 9.18 Å². The van der Waals surface area contributed by atoms with Crippen LogP contribution in [-0.2, 0) is 4.79 Å². The van der Waals surface area contributed by atoms with Crippen LogP contribution < -0.4 is 0 Å². The van der Waals surface area contributed by atoms with E-state index in [0.717, 1.165) is 6.07 Å². The third kappa shape index (κ3) is 1.87. The molecule has 4 heteroatoms. The highest BCUT2D eigenvalue weighted by atomic mass is 35.5. The van der Waals surface area contributed by atoms with Crippen molar-refractivity contribution in [2.75, 3.05) is 0 Å². The number of carboxylic acids is 1. The van der Waals surface area contributed by atoms with Crippen LogP contribution in [0, 0.1) is 5.82 Å². The number of carboxylic acid groups (broad SMARTS) is 1. The van der Waals surface area contributed by atoms with Crippen LogP contribution in [0.25, 0.3) is 5.57 Å². The van der Waals surface area contributed by atoms with Crippen LogP contribution >= 0.6 is 11.6 Å². The lowest BCUT2D eigenvalue weighted by Crippen LogP contribution is -2.01. The summed E-state index contributed by atoms with van der Waals surface area (Å²) in [5, 5.41) is 8.61. The first-order valence-corrected chi connectivity index (χ1v) is 3.78. The molecule has 0 radical (unpaired) electrons. The van der Waals surface area contributed by atoms with E-state index in [9.17, 15) is 9.18 Å². The van der Waals surface area contributed by atoms with E-state index < -0.39 is 11.8 Å². The minimum atomic E-state index is -1.29. The normalized spacial score (nSPS) is 9.69. The van der Waals surface area contributed by atoms with Crippen LogP contribution in [0.1, 0.15) is 5.56 Å². The number of halogens is 2. The van der Waals surface area contributed by atoms with Gasteiger partial charge in [-0.1, -0.05) is 24.2 Å². The third-order valence-corrected chi connectivity index (χ3v) is 1.84. The van der Waals surface area contributed by atoms with Crippen molar-refractivity contribution in [3.05, 3.63) is 41.2 Å². The Morgan fingerprint density at radius 3 is 2.62 bits per heavy atom. The summed E-state index contributed by atoms with van der Waals surface area (Å²) >= 11 is 5.60. The number of benzene rings is 1. The van der Waals surface area contributed by atoms with Crippen molar-refractivity contribution in [3.8, 4) is 0 Å². The Hall–Kier alpha value is -1.35. The zero-order valence-electron chi connectivity index (χ0n) is 6.55. The molecule has 0 aliphatic rings. The lowest BCUT2D eigenvalue weighted by Gasteiger charge is -2.04. The predicted octanol–water partition coefficient (Wildman–Crippen LogP) is 2.58. The van der Waals surface area contributed by atoms with Crippen LogP contribution in [-0.4, -0.2) is 11.1 Å². The molecular weight excluding hydrogens is 195 g/mol. The molecule has 1 rings (SSSR count). The Bertz CT molecular complexity index is 354. The second-order valence-corrected chi connectivity index (χ2v) is 2.79. The number of carbonyl (C=O) groups is 1. The predicted molar refractivity (Wildman–Crippen MR) is 48.1 cm³/mol. The molecule has 0 heterocycles. The van der Waals surface area contributed by atoms with E-state index >= 15 is 0 Å². The summed E-state index contributed by atoms with van der Waals surface area (Å²) < 4.78 is 13.1. The SMILES string of the molecule is C=C(C(=O)O)c1c(F)cccc1Cl. The Kier molecular flexibility index (Phi) is 2.68. The van der Waals surface area contributed by atoms with E-state index in [1.165, 1.54) is 12.1 Å². The molecule has 13 heavy (non-hydrogen) atoms. The molecule has 1 N–H and O–H groups in total. The summed E-state index contributed by atoms with van der Waals surface area (Å²) in [5.41, 5.74) is -0.500. The van der Waals surface area contributed by atoms with Crippen molar-refractivity contribution in [3.63, 3.8) is 0 Å². The summed E-state index contributed by atoms with van der Waals surface area (Å²) in [4.78, 5) is 10.5. The van der Waals surface area contributed by atoms with Gasteiger partial charge in [-0.3, -0.25) is 0 Å². The molecule has 0 saturated carbocycles. The van der Waals surface area contributed by atoms with Crippen molar-refractivity contribution in [2.45, 2.75) is 0 Å². The smallest absolute Gasteiger partial charge is 0.335 e. The van der Waals surface area contributed by atoms with Crippen molar-refractivity contribution in [1.29, 1.82) is 0 Å². The van der Waals surface area contributed by atoms with Gasteiger partial charge in [0.15, 0.2) is 0 Å². The minimum Gasteiger partial charge on any atom is -0.478 e. The fourth-order valence-electron chi connectivity index (χ4n) is 0.893. The van der Waals surface area contributed by atoms with E-state index in [1.54, 1.807) is 0 Å². The fourth-order valence-corrected chi connectivity index (χ4v) is 1.17. The largest absolute Gasteiger partial charge is 0.478 e. The third-order valence-electron chi connectivity index (χ3n) is 1.52. The van der Waals surface area contributed by atoms with Crippen LogP contribution in [0.3, 0.4) is 0 Å².